The van der Waals surface area contributed by atoms with Gasteiger partial charge in [0, 0.05) is 31.4 Å². The average Bonchev–Trinajstić information content (AvgIpc) is 3.02. The third-order valence-corrected chi connectivity index (χ3v) is 3.62. The number of rotatable bonds is 7. The van der Waals surface area contributed by atoms with Crippen LogP contribution in [0.4, 0.5) is 0 Å². The lowest BCUT2D eigenvalue weighted by Gasteiger charge is -2.03. The molecule has 2 rings (SSSR count). The number of nitrogens with zero attached hydrogens (tertiary/aromatic N) is 4. The summed E-state index contributed by atoms with van der Waals surface area (Å²) in [6.07, 6.45) is 2.33. The van der Waals surface area contributed by atoms with Crippen molar-refractivity contribution in [3.05, 3.63) is 23.5 Å². The minimum atomic E-state index is 0.191. The normalized spacial score (nSPS) is 12.8. The van der Waals surface area contributed by atoms with Crippen LogP contribution in [0.15, 0.2) is 8.94 Å². The van der Waals surface area contributed by atoms with E-state index in [4.69, 9.17) is 8.94 Å². The molecule has 0 radical (unpaired) electrons. The molecule has 6 nitrogen and oxygen atoms in total. The summed E-state index contributed by atoms with van der Waals surface area (Å²) in [5, 5.41) is 11.8. The number of aryl methyl sites for hydroxylation is 3. The topological polar surface area (TPSA) is 77.8 Å². The van der Waals surface area contributed by atoms with Gasteiger partial charge in [-0.3, -0.25) is 0 Å². The Kier molecular flexibility index (Phi) is 5.26. The van der Waals surface area contributed by atoms with Crippen molar-refractivity contribution in [3.8, 4) is 0 Å². The average molecular weight is 300 g/mol. The standard InChI is InChI=1S/C11H16N4O2S2/c1-7(11-14-13-8(2)16-11)3-4-9-12-10(17-15-9)5-6-19-18/h7,18H,3-6H2,1-2H3. The molecule has 2 aromatic heterocycles. The molecule has 2 heterocycles. The molecule has 8 heteroatoms. The molecule has 0 saturated carbocycles. The van der Waals surface area contributed by atoms with Crippen LogP contribution in [0.3, 0.4) is 0 Å². The Bertz CT molecular complexity index is 514. The quantitative estimate of drug-likeness (QED) is 0.622. The summed E-state index contributed by atoms with van der Waals surface area (Å²) in [6, 6.07) is 0. The summed E-state index contributed by atoms with van der Waals surface area (Å²) in [5.41, 5.74) is 0. The second-order valence-corrected chi connectivity index (χ2v) is 5.73. The van der Waals surface area contributed by atoms with E-state index in [0.29, 0.717) is 17.7 Å². The van der Waals surface area contributed by atoms with Crippen molar-refractivity contribution in [2.24, 2.45) is 0 Å². The molecule has 0 bridgehead atoms. The Morgan fingerprint density at radius 3 is 2.84 bits per heavy atom. The Balaban J connectivity index is 1.83. The van der Waals surface area contributed by atoms with Gasteiger partial charge < -0.3 is 8.94 Å². The predicted octanol–water partition coefficient (Wildman–Crippen LogP) is 2.62. The molecular weight excluding hydrogens is 284 g/mol. The minimum absolute atomic E-state index is 0.191. The van der Waals surface area contributed by atoms with Crippen LogP contribution in [-0.4, -0.2) is 26.1 Å². The largest absolute Gasteiger partial charge is 0.425 e. The molecule has 0 aliphatic heterocycles. The summed E-state index contributed by atoms with van der Waals surface area (Å²) in [5.74, 6) is 3.69. The van der Waals surface area contributed by atoms with Gasteiger partial charge in [0.2, 0.25) is 17.7 Å². The van der Waals surface area contributed by atoms with Crippen LogP contribution in [0.2, 0.25) is 0 Å². The van der Waals surface area contributed by atoms with Gasteiger partial charge in [0.15, 0.2) is 5.82 Å². The van der Waals surface area contributed by atoms with Gasteiger partial charge in [-0.05, 0) is 6.42 Å². The van der Waals surface area contributed by atoms with E-state index in [1.165, 1.54) is 10.8 Å². The monoisotopic (exact) mass is 300 g/mol. The zero-order chi connectivity index (χ0) is 13.7. The maximum absolute atomic E-state index is 5.39. The lowest BCUT2D eigenvalue weighted by Crippen LogP contribution is -1.98. The van der Waals surface area contributed by atoms with Crippen molar-refractivity contribution in [2.75, 3.05) is 5.75 Å². The highest BCUT2D eigenvalue weighted by molar-refractivity contribution is 8.68. The van der Waals surface area contributed by atoms with E-state index in [1.807, 2.05) is 6.92 Å². The fraction of sp³-hybridized carbons (Fsp3) is 0.636. The van der Waals surface area contributed by atoms with Gasteiger partial charge in [0.05, 0.1) is 0 Å². The number of thiol groups is 1. The first-order valence-electron chi connectivity index (χ1n) is 6.07. The van der Waals surface area contributed by atoms with Crippen molar-refractivity contribution in [1.82, 2.24) is 20.3 Å². The number of hydrogen-bond donors (Lipinski definition) is 1. The second kappa shape index (κ2) is 6.95. The van der Waals surface area contributed by atoms with Gasteiger partial charge in [0.1, 0.15) is 0 Å². The second-order valence-electron chi connectivity index (χ2n) is 4.29. The minimum Gasteiger partial charge on any atom is -0.425 e. The zero-order valence-electron chi connectivity index (χ0n) is 10.9. The summed E-state index contributed by atoms with van der Waals surface area (Å²) < 4.78 is 10.5. The molecule has 0 aromatic carbocycles. The van der Waals surface area contributed by atoms with Crippen molar-refractivity contribution in [1.29, 1.82) is 0 Å². The summed E-state index contributed by atoms with van der Waals surface area (Å²) in [4.78, 5) is 4.33. The lowest BCUT2D eigenvalue weighted by molar-refractivity contribution is 0.374. The van der Waals surface area contributed by atoms with Gasteiger partial charge in [0.25, 0.3) is 0 Å². The summed E-state index contributed by atoms with van der Waals surface area (Å²) in [7, 11) is 1.46. The molecule has 0 N–H and O–H groups in total. The van der Waals surface area contributed by atoms with E-state index in [0.717, 1.165) is 30.8 Å². The Morgan fingerprint density at radius 2 is 2.16 bits per heavy atom. The van der Waals surface area contributed by atoms with E-state index in [2.05, 4.69) is 32.0 Å². The third kappa shape index (κ3) is 4.24. The highest BCUT2D eigenvalue weighted by Crippen LogP contribution is 2.19. The molecule has 0 aliphatic carbocycles. The Labute approximate surface area is 120 Å². The van der Waals surface area contributed by atoms with Crippen LogP contribution in [0.1, 0.15) is 42.8 Å². The van der Waals surface area contributed by atoms with Gasteiger partial charge in [-0.2, -0.15) is 4.98 Å². The molecule has 0 amide bonds. The van der Waals surface area contributed by atoms with Gasteiger partial charge in [-0.25, -0.2) is 0 Å². The highest BCUT2D eigenvalue weighted by Gasteiger charge is 2.14. The van der Waals surface area contributed by atoms with Crippen LogP contribution in [0.5, 0.6) is 0 Å². The molecule has 1 atom stereocenters. The van der Waals surface area contributed by atoms with E-state index in [9.17, 15) is 0 Å². The molecule has 0 saturated heterocycles. The molecule has 19 heavy (non-hydrogen) atoms. The molecule has 0 aliphatic rings. The first-order chi connectivity index (χ1) is 9.19. The molecule has 2 aromatic rings. The van der Waals surface area contributed by atoms with Gasteiger partial charge >= 0.3 is 0 Å². The molecular formula is C11H16N4O2S2. The lowest BCUT2D eigenvalue weighted by atomic mass is 10.1. The molecule has 104 valence electrons. The van der Waals surface area contributed by atoms with Crippen molar-refractivity contribution in [2.45, 2.75) is 39.0 Å². The Morgan fingerprint density at radius 1 is 1.32 bits per heavy atom. The predicted molar refractivity (Wildman–Crippen MR) is 75.2 cm³/mol. The fourth-order valence-corrected chi connectivity index (χ4v) is 2.15. The van der Waals surface area contributed by atoms with Crippen LogP contribution in [0, 0.1) is 6.92 Å². The first-order valence-corrected chi connectivity index (χ1v) is 8.10. The van der Waals surface area contributed by atoms with Crippen LogP contribution in [-0.2, 0) is 12.8 Å². The number of hydrogen-bond acceptors (Lipinski definition) is 8. The SMILES string of the molecule is Cc1nnc(C(C)CCc2noc(CCSS)n2)o1. The maximum Gasteiger partial charge on any atom is 0.227 e. The van der Waals surface area contributed by atoms with Crippen LogP contribution >= 0.6 is 22.5 Å². The number of aromatic nitrogens is 4. The van der Waals surface area contributed by atoms with Crippen molar-refractivity contribution >= 4 is 22.5 Å². The van der Waals surface area contributed by atoms with E-state index < -0.39 is 0 Å². The summed E-state index contributed by atoms with van der Waals surface area (Å²) >= 11 is 4.07. The molecule has 0 fully saturated rings. The highest BCUT2D eigenvalue weighted by atomic mass is 33.1. The third-order valence-electron chi connectivity index (χ3n) is 2.68. The van der Waals surface area contributed by atoms with Gasteiger partial charge in [-0.1, -0.05) is 22.9 Å². The van der Waals surface area contributed by atoms with E-state index >= 15 is 0 Å². The van der Waals surface area contributed by atoms with Gasteiger partial charge in [-0.15, -0.1) is 21.9 Å². The van der Waals surface area contributed by atoms with Crippen LogP contribution < -0.4 is 0 Å². The maximum atomic E-state index is 5.39. The Hall–Kier alpha value is -1.02. The smallest absolute Gasteiger partial charge is 0.227 e. The first kappa shape index (κ1) is 14.4. The van der Waals surface area contributed by atoms with Crippen molar-refractivity contribution in [3.63, 3.8) is 0 Å². The van der Waals surface area contributed by atoms with E-state index in [-0.39, 0.29) is 5.92 Å². The summed E-state index contributed by atoms with van der Waals surface area (Å²) in [6.45, 7) is 3.83. The van der Waals surface area contributed by atoms with Crippen LogP contribution in [0.25, 0.3) is 0 Å². The van der Waals surface area contributed by atoms with Crippen molar-refractivity contribution < 1.29 is 8.94 Å². The molecule has 0 spiro atoms. The fourth-order valence-electron chi connectivity index (χ4n) is 1.61. The van der Waals surface area contributed by atoms with E-state index in [1.54, 1.807) is 6.92 Å². The molecule has 1 unspecified atom stereocenters. The zero-order valence-corrected chi connectivity index (χ0v) is 12.6.